The van der Waals surface area contributed by atoms with Gasteiger partial charge in [0, 0.05) is 12.0 Å². The third kappa shape index (κ3) is 5.04. The summed E-state index contributed by atoms with van der Waals surface area (Å²) >= 11 is 0. The van der Waals surface area contributed by atoms with Crippen LogP contribution in [0.3, 0.4) is 0 Å². The van der Waals surface area contributed by atoms with E-state index in [-0.39, 0.29) is 24.3 Å². The van der Waals surface area contributed by atoms with Crippen molar-refractivity contribution >= 4 is 22.5 Å². The molecule has 0 radical (unpaired) electrons. The largest absolute Gasteiger partial charge is 0.311 e. The van der Waals surface area contributed by atoms with E-state index in [1.807, 2.05) is 30.3 Å². The van der Waals surface area contributed by atoms with Crippen LogP contribution in [0.15, 0.2) is 54.6 Å². The molecule has 4 nitrogen and oxygen atoms in total. The van der Waals surface area contributed by atoms with Crippen molar-refractivity contribution in [3.63, 3.8) is 0 Å². The van der Waals surface area contributed by atoms with Crippen molar-refractivity contribution in [1.82, 2.24) is 5.32 Å². The third-order valence-electron chi connectivity index (χ3n) is 4.51. The molecule has 3 rings (SSSR count). The second-order valence-corrected chi connectivity index (χ2v) is 7.98. The molecule has 1 aliphatic heterocycles. The maximum Gasteiger partial charge on any atom is 0.264 e. The highest BCUT2D eigenvalue weighted by atomic mass is 35.5. The summed E-state index contributed by atoms with van der Waals surface area (Å²) in [6.45, 7) is 0.799. The zero-order valence-electron chi connectivity index (χ0n) is 14.5. The Kier molecular flexibility index (Phi) is 7.17. The fourth-order valence-electron chi connectivity index (χ4n) is 3.48. The summed E-state index contributed by atoms with van der Waals surface area (Å²) in [7, 11) is -3.70. The predicted octanol–water partition coefficient (Wildman–Crippen LogP) is 3.48. The van der Waals surface area contributed by atoms with Crippen LogP contribution >= 0.6 is 12.4 Å². The molecule has 0 saturated carbocycles. The van der Waals surface area contributed by atoms with Crippen LogP contribution in [0.25, 0.3) is 0 Å². The highest BCUT2D eigenvalue weighted by Gasteiger charge is 2.37. The molecule has 142 valence electrons. The molecule has 3 atom stereocenters. The quantitative estimate of drug-likeness (QED) is 0.755. The molecular weight excluding hydrogens is 377 g/mol. The van der Waals surface area contributed by atoms with Crippen LogP contribution in [0, 0.1) is 5.82 Å². The predicted molar refractivity (Wildman–Crippen MR) is 103 cm³/mol. The molecule has 2 unspecified atom stereocenters. The lowest BCUT2D eigenvalue weighted by atomic mass is 9.83. The van der Waals surface area contributed by atoms with Gasteiger partial charge in [0.1, 0.15) is 11.9 Å². The number of hydrogen-bond acceptors (Lipinski definition) is 4. The van der Waals surface area contributed by atoms with Crippen molar-refractivity contribution in [1.29, 1.82) is 0 Å². The molecule has 2 aromatic carbocycles. The Bertz CT molecular complexity index is 811. The van der Waals surface area contributed by atoms with Gasteiger partial charge in [0.15, 0.2) is 0 Å². The van der Waals surface area contributed by atoms with Gasteiger partial charge in [-0.05, 0) is 36.6 Å². The van der Waals surface area contributed by atoms with Gasteiger partial charge in [-0.1, -0.05) is 48.5 Å². The second kappa shape index (κ2) is 8.95. The molecule has 1 heterocycles. The SMILES string of the molecule is CS(=O)(=O)OC(C(c1ccccc1)c1ccccc1F)[C@H]1CCCN1.Cl. The highest BCUT2D eigenvalue weighted by molar-refractivity contribution is 7.86. The van der Waals surface area contributed by atoms with E-state index in [1.54, 1.807) is 18.2 Å². The van der Waals surface area contributed by atoms with Crippen molar-refractivity contribution in [2.45, 2.75) is 30.9 Å². The Morgan fingerprint density at radius 3 is 2.35 bits per heavy atom. The first-order valence-electron chi connectivity index (χ1n) is 8.37. The van der Waals surface area contributed by atoms with E-state index in [4.69, 9.17) is 4.18 Å². The summed E-state index contributed by atoms with van der Waals surface area (Å²) in [4.78, 5) is 0. The van der Waals surface area contributed by atoms with Gasteiger partial charge < -0.3 is 5.32 Å². The fraction of sp³-hybridized carbons (Fsp3) is 0.368. The van der Waals surface area contributed by atoms with Crippen LogP contribution in [0.5, 0.6) is 0 Å². The van der Waals surface area contributed by atoms with E-state index in [0.717, 1.165) is 31.2 Å². The van der Waals surface area contributed by atoms with Gasteiger partial charge in [-0.15, -0.1) is 12.4 Å². The monoisotopic (exact) mass is 399 g/mol. The summed E-state index contributed by atoms with van der Waals surface area (Å²) in [5, 5.41) is 3.31. The lowest BCUT2D eigenvalue weighted by Crippen LogP contribution is -2.42. The molecule has 0 aliphatic carbocycles. The maximum absolute atomic E-state index is 14.6. The first kappa shape index (κ1) is 20.8. The fourth-order valence-corrected chi connectivity index (χ4v) is 4.13. The molecule has 0 amide bonds. The van der Waals surface area contributed by atoms with Gasteiger partial charge in [-0.25, -0.2) is 4.39 Å². The van der Waals surface area contributed by atoms with Crippen molar-refractivity contribution in [3.8, 4) is 0 Å². The molecule has 1 saturated heterocycles. The number of halogens is 2. The smallest absolute Gasteiger partial charge is 0.264 e. The number of benzene rings is 2. The Morgan fingerprint density at radius 1 is 1.12 bits per heavy atom. The molecule has 1 N–H and O–H groups in total. The minimum Gasteiger partial charge on any atom is -0.311 e. The first-order valence-corrected chi connectivity index (χ1v) is 10.2. The molecule has 1 fully saturated rings. The normalized spacial score (nSPS) is 19.5. The Balaban J connectivity index is 0.00000243. The average Bonchev–Trinajstić information content (AvgIpc) is 3.10. The molecule has 7 heteroatoms. The van der Waals surface area contributed by atoms with Gasteiger partial charge in [-0.2, -0.15) is 8.42 Å². The average molecular weight is 400 g/mol. The van der Waals surface area contributed by atoms with Crippen LogP contribution in [0.4, 0.5) is 4.39 Å². The lowest BCUT2D eigenvalue weighted by molar-refractivity contribution is 0.151. The van der Waals surface area contributed by atoms with E-state index in [2.05, 4.69) is 5.32 Å². The van der Waals surface area contributed by atoms with Crippen molar-refractivity contribution in [2.24, 2.45) is 0 Å². The Morgan fingerprint density at radius 2 is 1.77 bits per heavy atom. The van der Waals surface area contributed by atoms with E-state index in [9.17, 15) is 12.8 Å². The van der Waals surface area contributed by atoms with Gasteiger partial charge in [-0.3, -0.25) is 4.18 Å². The highest BCUT2D eigenvalue weighted by Crippen LogP contribution is 2.35. The number of nitrogens with one attached hydrogen (secondary N) is 1. The topological polar surface area (TPSA) is 55.4 Å². The summed E-state index contributed by atoms with van der Waals surface area (Å²) < 4.78 is 43.9. The standard InChI is InChI=1S/C19H22FNO3S.ClH/c1-25(22,23)24-19(17-12-7-13-21-17)18(14-8-3-2-4-9-14)15-10-5-6-11-16(15)20;/h2-6,8-11,17-19,21H,7,12-13H2,1H3;1H/t17-,18?,19?;/m1./s1. The molecule has 0 aromatic heterocycles. The van der Waals surface area contributed by atoms with Crippen LogP contribution in [0.1, 0.15) is 29.9 Å². The van der Waals surface area contributed by atoms with Crippen molar-refractivity contribution in [3.05, 3.63) is 71.5 Å². The summed E-state index contributed by atoms with van der Waals surface area (Å²) in [6, 6.07) is 15.7. The van der Waals surface area contributed by atoms with Crippen LogP contribution in [-0.2, 0) is 14.3 Å². The minimum absolute atomic E-state index is 0. The summed E-state index contributed by atoms with van der Waals surface area (Å²) in [5.74, 6) is -0.885. The van der Waals surface area contributed by atoms with E-state index >= 15 is 0 Å². The first-order chi connectivity index (χ1) is 12.0. The van der Waals surface area contributed by atoms with E-state index < -0.39 is 22.1 Å². The van der Waals surface area contributed by atoms with Gasteiger partial charge in [0.25, 0.3) is 10.1 Å². The summed E-state index contributed by atoms with van der Waals surface area (Å²) in [5.41, 5.74) is 1.27. The van der Waals surface area contributed by atoms with E-state index in [0.29, 0.717) is 5.56 Å². The van der Waals surface area contributed by atoms with Gasteiger partial charge >= 0.3 is 0 Å². The zero-order chi connectivity index (χ0) is 17.9. The summed E-state index contributed by atoms with van der Waals surface area (Å²) in [6.07, 6.45) is 2.06. The van der Waals surface area contributed by atoms with Crippen LogP contribution in [0.2, 0.25) is 0 Å². The molecule has 2 aromatic rings. The van der Waals surface area contributed by atoms with Crippen molar-refractivity contribution in [2.75, 3.05) is 12.8 Å². The zero-order valence-corrected chi connectivity index (χ0v) is 16.1. The second-order valence-electron chi connectivity index (χ2n) is 6.38. The Labute approximate surface area is 160 Å². The number of rotatable bonds is 6. The Hall–Kier alpha value is -1.47. The minimum atomic E-state index is -3.70. The molecule has 1 aliphatic rings. The molecule has 26 heavy (non-hydrogen) atoms. The molecule has 0 bridgehead atoms. The number of hydrogen-bond donors (Lipinski definition) is 1. The van der Waals surface area contributed by atoms with Gasteiger partial charge in [0.2, 0.25) is 0 Å². The lowest BCUT2D eigenvalue weighted by Gasteiger charge is -2.32. The maximum atomic E-state index is 14.6. The molecular formula is C19H23ClFNO3S. The van der Waals surface area contributed by atoms with Crippen LogP contribution in [-0.4, -0.2) is 33.4 Å². The van der Waals surface area contributed by atoms with Crippen LogP contribution < -0.4 is 5.32 Å². The van der Waals surface area contributed by atoms with E-state index in [1.165, 1.54) is 6.07 Å². The molecule has 0 spiro atoms. The van der Waals surface area contributed by atoms with Gasteiger partial charge in [0.05, 0.1) is 6.26 Å². The third-order valence-corrected chi connectivity index (χ3v) is 5.08. The van der Waals surface area contributed by atoms with Crippen molar-refractivity contribution < 1.29 is 17.0 Å².